The van der Waals surface area contributed by atoms with Crippen molar-refractivity contribution in [3.8, 4) is 0 Å². The van der Waals surface area contributed by atoms with Crippen molar-refractivity contribution in [3.63, 3.8) is 0 Å². The van der Waals surface area contributed by atoms with Gasteiger partial charge >= 0.3 is 6.03 Å². The van der Waals surface area contributed by atoms with Crippen LogP contribution in [0.4, 0.5) is 4.79 Å². The lowest BCUT2D eigenvalue weighted by Crippen LogP contribution is -2.30. The molecule has 0 unspecified atom stereocenters. The monoisotopic (exact) mass is 440 g/mol. The van der Waals surface area contributed by atoms with Gasteiger partial charge in [-0.1, -0.05) is 28.1 Å². The Bertz CT molecular complexity index is 768. The van der Waals surface area contributed by atoms with Gasteiger partial charge in [-0.3, -0.25) is 9.69 Å². The van der Waals surface area contributed by atoms with E-state index in [2.05, 4.69) is 37.2 Å². The number of hydrogen-bond acceptors (Lipinski definition) is 3. The summed E-state index contributed by atoms with van der Waals surface area (Å²) in [6, 6.07) is 9.02. The molecule has 7 heteroatoms. The number of carbonyl (C=O) groups excluding carboxylic acids is 2. The number of thiophene rings is 1. The number of nitrogens with zero attached hydrogens (tertiary/aromatic N) is 1. The first-order valence-corrected chi connectivity index (χ1v) is 8.82. The molecule has 3 amide bonds. The van der Waals surface area contributed by atoms with E-state index in [4.69, 9.17) is 0 Å². The molecule has 3 rings (SSSR count). The molecule has 0 aliphatic carbocycles. The van der Waals surface area contributed by atoms with Crippen LogP contribution >= 0.6 is 43.2 Å². The number of carbonyl (C=O) groups is 2. The maximum atomic E-state index is 12.4. The fourth-order valence-electron chi connectivity index (χ4n) is 2.03. The number of rotatable bonds is 3. The molecule has 1 aliphatic rings. The molecule has 0 spiro atoms. The molecule has 0 saturated carbocycles. The van der Waals surface area contributed by atoms with Gasteiger partial charge in [-0.2, -0.15) is 0 Å². The SMILES string of the molecule is O=C1N/C(=C/c2cc(Br)cs2)C(=O)N1Cc1ccc(Br)cc1. The molecule has 0 radical (unpaired) electrons. The van der Waals surface area contributed by atoms with Gasteiger partial charge in [0.2, 0.25) is 0 Å². The quantitative estimate of drug-likeness (QED) is 0.568. The Balaban J connectivity index is 1.79. The molecule has 1 aliphatic heterocycles. The van der Waals surface area contributed by atoms with Gasteiger partial charge in [-0.25, -0.2) is 4.79 Å². The Morgan fingerprint density at radius 3 is 2.50 bits per heavy atom. The molecule has 2 heterocycles. The highest BCUT2D eigenvalue weighted by Gasteiger charge is 2.33. The number of benzene rings is 1. The maximum Gasteiger partial charge on any atom is 0.329 e. The Morgan fingerprint density at radius 1 is 1.14 bits per heavy atom. The van der Waals surface area contributed by atoms with Gasteiger partial charge in [-0.15, -0.1) is 11.3 Å². The van der Waals surface area contributed by atoms with E-state index >= 15 is 0 Å². The van der Waals surface area contributed by atoms with Crippen LogP contribution in [0.25, 0.3) is 6.08 Å². The molecule has 1 N–H and O–H groups in total. The Kier molecular flexibility index (Phi) is 4.46. The first-order chi connectivity index (χ1) is 10.5. The van der Waals surface area contributed by atoms with Crippen LogP contribution in [0.2, 0.25) is 0 Å². The minimum atomic E-state index is -0.394. The summed E-state index contributed by atoms with van der Waals surface area (Å²) in [6.07, 6.45) is 1.69. The van der Waals surface area contributed by atoms with Gasteiger partial charge in [-0.05, 0) is 45.8 Å². The molecule has 22 heavy (non-hydrogen) atoms. The van der Waals surface area contributed by atoms with Gasteiger partial charge in [0.25, 0.3) is 5.91 Å². The lowest BCUT2D eigenvalue weighted by molar-refractivity contribution is -0.123. The molecule has 112 valence electrons. The summed E-state index contributed by atoms with van der Waals surface area (Å²) >= 11 is 8.22. The summed E-state index contributed by atoms with van der Waals surface area (Å²) in [5.74, 6) is -0.308. The second kappa shape index (κ2) is 6.36. The van der Waals surface area contributed by atoms with Gasteiger partial charge in [0, 0.05) is 19.2 Å². The van der Waals surface area contributed by atoms with Crippen LogP contribution in [0.5, 0.6) is 0 Å². The molecule has 1 aromatic carbocycles. The number of imide groups is 1. The molecular formula is C15H10Br2N2O2S. The van der Waals surface area contributed by atoms with E-state index in [-0.39, 0.29) is 12.5 Å². The topological polar surface area (TPSA) is 49.4 Å². The molecule has 2 aromatic rings. The van der Waals surface area contributed by atoms with E-state index in [0.717, 1.165) is 19.4 Å². The lowest BCUT2D eigenvalue weighted by atomic mass is 10.2. The predicted molar refractivity (Wildman–Crippen MR) is 93.2 cm³/mol. The summed E-state index contributed by atoms with van der Waals surface area (Å²) in [5.41, 5.74) is 1.20. The van der Waals surface area contributed by atoms with Crippen LogP contribution in [0, 0.1) is 0 Å². The Labute approximate surface area is 148 Å². The van der Waals surface area contributed by atoms with E-state index in [9.17, 15) is 9.59 Å². The van der Waals surface area contributed by atoms with Gasteiger partial charge < -0.3 is 5.32 Å². The minimum Gasteiger partial charge on any atom is -0.303 e. The first kappa shape index (κ1) is 15.5. The lowest BCUT2D eigenvalue weighted by Gasteiger charge is -2.11. The van der Waals surface area contributed by atoms with Crippen LogP contribution in [0.1, 0.15) is 10.4 Å². The molecule has 0 bridgehead atoms. The van der Waals surface area contributed by atoms with E-state index in [1.54, 1.807) is 6.08 Å². The second-order valence-electron chi connectivity index (χ2n) is 4.67. The largest absolute Gasteiger partial charge is 0.329 e. The van der Waals surface area contributed by atoms with E-state index in [1.807, 2.05) is 35.7 Å². The smallest absolute Gasteiger partial charge is 0.303 e. The van der Waals surface area contributed by atoms with Crippen molar-refractivity contribution in [2.24, 2.45) is 0 Å². The van der Waals surface area contributed by atoms with Crippen molar-refractivity contribution < 1.29 is 9.59 Å². The van der Waals surface area contributed by atoms with Crippen LogP contribution in [0.3, 0.4) is 0 Å². The first-order valence-electron chi connectivity index (χ1n) is 6.36. The maximum absolute atomic E-state index is 12.4. The van der Waals surface area contributed by atoms with E-state index < -0.39 is 6.03 Å². The zero-order valence-electron chi connectivity index (χ0n) is 11.2. The third kappa shape index (κ3) is 3.31. The van der Waals surface area contributed by atoms with Crippen LogP contribution in [-0.2, 0) is 11.3 Å². The van der Waals surface area contributed by atoms with Gasteiger partial charge in [0.1, 0.15) is 5.70 Å². The van der Waals surface area contributed by atoms with Crippen LogP contribution < -0.4 is 5.32 Å². The average Bonchev–Trinajstić information content (AvgIpc) is 3.00. The zero-order valence-corrected chi connectivity index (χ0v) is 15.2. The summed E-state index contributed by atoms with van der Waals surface area (Å²) in [4.78, 5) is 26.5. The Morgan fingerprint density at radius 2 is 1.86 bits per heavy atom. The number of nitrogens with one attached hydrogen (secondary N) is 1. The minimum absolute atomic E-state index is 0.253. The third-order valence-electron chi connectivity index (χ3n) is 3.09. The van der Waals surface area contributed by atoms with Gasteiger partial charge in [0.05, 0.1) is 6.54 Å². The predicted octanol–water partition coefficient (Wildman–Crippen LogP) is 4.37. The average molecular weight is 442 g/mol. The summed E-state index contributed by atoms with van der Waals surface area (Å²) in [6.45, 7) is 0.253. The Hall–Kier alpha value is -1.44. The molecule has 1 saturated heterocycles. The normalized spacial score (nSPS) is 16.5. The standard InChI is InChI=1S/C15H10Br2N2O2S/c16-10-3-1-9(2-4-10)7-19-14(20)13(18-15(19)21)6-12-5-11(17)8-22-12/h1-6,8H,7H2,(H,18,21)/b13-6+. The van der Waals surface area contributed by atoms with Crippen LogP contribution in [-0.4, -0.2) is 16.8 Å². The van der Waals surface area contributed by atoms with Crippen molar-refractivity contribution >= 4 is 61.2 Å². The van der Waals surface area contributed by atoms with Crippen molar-refractivity contribution in [2.45, 2.75) is 6.54 Å². The number of amides is 3. The molecule has 1 aromatic heterocycles. The molecule has 1 fully saturated rings. The highest BCUT2D eigenvalue weighted by Crippen LogP contribution is 2.24. The highest BCUT2D eigenvalue weighted by molar-refractivity contribution is 9.10. The van der Waals surface area contributed by atoms with Crippen molar-refractivity contribution in [2.75, 3.05) is 0 Å². The second-order valence-corrected chi connectivity index (χ2v) is 7.45. The zero-order chi connectivity index (χ0) is 15.7. The molecule has 0 atom stereocenters. The summed E-state index contributed by atoms with van der Waals surface area (Å²) in [7, 11) is 0. The fourth-order valence-corrected chi connectivity index (χ4v) is 3.67. The van der Waals surface area contributed by atoms with Crippen LogP contribution in [0.15, 0.2) is 50.4 Å². The number of urea groups is 1. The number of hydrogen-bond donors (Lipinski definition) is 1. The van der Waals surface area contributed by atoms with Crippen molar-refractivity contribution in [1.82, 2.24) is 10.2 Å². The highest BCUT2D eigenvalue weighted by atomic mass is 79.9. The van der Waals surface area contributed by atoms with E-state index in [0.29, 0.717) is 5.70 Å². The van der Waals surface area contributed by atoms with Crippen molar-refractivity contribution in [1.29, 1.82) is 0 Å². The number of halogens is 2. The molecular weight excluding hydrogens is 432 g/mol. The van der Waals surface area contributed by atoms with Crippen molar-refractivity contribution in [3.05, 3.63) is 60.8 Å². The molecule has 4 nitrogen and oxygen atoms in total. The summed E-state index contributed by atoms with van der Waals surface area (Å²) in [5, 5.41) is 4.55. The van der Waals surface area contributed by atoms with Gasteiger partial charge in [0.15, 0.2) is 0 Å². The summed E-state index contributed by atoms with van der Waals surface area (Å²) < 4.78 is 1.91. The fraction of sp³-hybridized carbons (Fsp3) is 0.0667. The third-order valence-corrected chi connectivity index (χ3v) is 5.26. The van der Waals surface area contributed by atoms with E-state index in [1.165, 1.54) is 16.2 Å².